The predicted molar refractivity (Wildman–Crippen MR) is 67.3 cm³/mol. The van der Waals surface area contributed by atoms with Crippen LogP contribution in [-0.4, -0.2) is 16.5 Å². The Labute approximate surface area is 104 Å². The average molecular weight is 242 g/mol. The van der Waals surface area contributed by atoms with Gasteiger partial charge in [-0.2, -0.15) is 0 Å². The molecule has 5 nitrogen and oxygen atoms in total. The highest BCUT2D eigenvalue weighted by molar-refractivity contribution is 5.91. The van der Waals surface area contributed by atoms with E-state index in [0.717, 1.165) is 0 Å². The van der Waals surface area contributed by atoms with Crippen molar-refractivity contribution in [3.05, 3.63) is 40.6 Å². The molecule has 1 aromatic heterocycles. The standard InChI is InChI=1S/C13H10N2O3/c1-2-3-9-18-12-7-6-11(15(16)17)13-10(12)5-4-8-14-13/h1,4-8H,3,9H2. The lowest BCUT2D eigenvalue weighted by atomic mass is 10.1. The molecular weight excluding hydrogens is 232 g/mol. The smallest absolute Gasteiger partial charge is 0.295 e. The van der Waals surface area contributed by atoms with Gasteiger partial charge in [0.25, 0.3) is 5.69 Å². The highest BCUT2D eigenvalue weighted by atomic mass is 16.6. The zero-order valence-corrected chi connectivity index (χ0v) is 9.50. The molecule has 0 N–H and O–H groups in total. The number of ether oxygens (including phenoxy) is 1. The zero-order chi connectivity index (χ0) is 13.0. The first-order chi connectivity index (χ1) is 8.74. The highest BCUT2D eigenvalue weighted by Crippen LogP contribution is 2.31. The van der Waals surface area contributed by atoms with Gasteiger partial charge in [-0.3, -0.25) is 10.1 Å². The maximum atomic E-state index is 10.9. The molecule has 0 bridgehead atoms. The van der Waals surface area contributed by atoms with Crippen molar-refractivity contribution >= 4 is 16.6 Å². The van der Waals surface area contributed by atoms with Gasteiger partial charge in [0.05, 0.1) is 11.5 Å². The third-order valence-corrected chi connectivity index (χ3v) is 2.41. The van der Waals surface area contributed by atoms with E-state index < -0.39 is 4.92 Å². The number of nitro groups is 1. The average Bonchev–Trinajstić information content (AvgIpc) is 2.38. The number of terminal acetylenes is 1. The summed E-state index contributed by atoms with van der Waals surface area (Å²) in [5.41, 5.74) is 0.288. The zero-order valence-electron chi connectivity index (χ0n) is 9.50. The molecule has 90 valence electrons. The van der Waals surface area contributed by atoms with Crippen LogP contribution >= 0.6 is 0 Å². The monoisotopic (exact) mass is 242 g/mol. The van der Waals surface area contributed by atoms with E-state index in [4.69, 9.17) is 11.2 Å². The molecule has 0 spiro atoms. The van der Waals surface area contributed by atoms with E-state index in [0.29, 0.717) is 29.7 Å². The number of rotatable bonds is 4. The number of hydrogen-bond acceptors (Lipinski definition) is 4. The first kappa shape index (κ1) is 11.9. The van der Waals surface area contributed by atoms with Crippen LogP contribution in [0.3, 0.4) is 0 Å². The second-order valence-corrected chi connectivity index (χ2v) is 3.54. The summed E-state index contributed by atoms with van der Waals surface area (Å²) >= 11 is 0. The van der Waals surface area contributed by atoms with E-state index in [-0.39, 0.29) is 5.69 Å². The summed E-state index contributed by atoms with van der Waals surface area (Å²) in [4.78, 5) is 14.5. The molecule has 0 unspecified atom stereocenters. The van der Waals surface area contributed by atoms with Gasteiger partial charge in [0.1, 0.15) is 5.75 Å². The number of aromatic nitrogens is 1. The van der Waals surface area contributed by atoms with Crippen LogP contribution in [0.15, 0.2) is 30.5 Å². The van der Waals surface area contributed by atoms with Gasteiger partial charge in [-0.05, 0) is 18.2 Å². The number of benzene rings is 1. The molecule has 18 heavy (non-hydrogen) atoms. The number of nitro benzene ring substituents is 1. The van der Waals surface area contributed by atoms with Crippen LogP contribution in [0.2, 0.25) is 0 Å². The van der Waals surface area contributed by atoms with Gasteiger partial charge in [0.15, 0.2) is 5.52 Å². The van der Waals surface area contributed by atoms with E-state index >= 15 is 0 Å². The van der Waals surface area contributed by atoms with Gasteiger partial charge >= 0.3 is 0 Å². The van der Waals surface area contributed by atoms with E-state index in [9.17, 15) is 10.1 Å². The Bertz CT molecular complexity index is 632. The Morgan fingerprint density at radius 1 is 1.44 bits per heavy atom. The topological polar surface area (TPSA) is 65.3 Å². The normalized spacial score (nSPS) is 9.94. The minimum Gasteiger partial charge on any atom is -0.492 e. The molecule has 5 heteroatoms. The second-order valence-electron chi connectivity index (χ2n) is 3.54. The maximum absolute atomic E-state index is 10.9. The Balaban J connectivity index is 2.48. The first-order valence-corrected chi connectivity index (χ1v) is 5.32. The molecule has 0 atom stereocenters. The molecule has 0 saturated carbocycles. The molecule has 0 amide bonds. The predicted octanol–water partition coefficient (Wildman–Crippen LogP) is 2.55. The van der Waals surface area contributed by atoms with Crippen LogP contribution in [0.5, 0.6) is 5.75 Å². The van der Waals surface area contributed by atoms with Crippen molar-refractivity contribution in [3.8, 4) is 18.1 Å². The van der Waals surface area contributed by atoms with Crippen molar-refractivity contribution in [2.75, 3.05) is 6.61 Å². The number of hydrogen-bond donors (Lipinski definition) is 0. The molecule has 2 rings (SSSR count). The second kappa shape index (κ2) is 5.15. The third kappa shape index (κ3) is 2.23. The van der Waals surface area contributed by atoms with Gasteiger partial charge in [0.2, 0.25) is 0 Å². The Morgan fingerprint density at radius 2 is 2.28 bits per heavy atom. The van der Waals surface area contributed by atoms with Crippen LogP contribution in [-0.2, 0) is 0 Å². The van der Waals surface area contributed by atoms with Gasteiger partial charge in [-0.25, -0.2) is 4.98 Å². The van der Waals surface area contributed by atoms with Crippen molar-refractivity contribution in [2.45, 2.75) is 6.42 Å². The van der Waals surface area contributed by atoms with Gasteiger partial charge in [0, 0.05) is 24.1 Å². The largest absolute Gasteiger partial charge is 0.492 e. The molecule has 0 radical (unpaired) electrons. The summed E-state index contributed by atoms with van der Waals surface area (Å²) < 4.78 is 5.49. The molecule has 0 aliphatic heterocycles. The van der Waals surface area contributed by atoms with Crippen molar-refractivity contribution in [2.24, 2.45) is 0 Å². The van der Waals surface area contributed by atoms with Crippen molar-refractivity contribution in [1.82, 2.24) is 4.98 Å². The van der Waals surface area contributed by atoms with Crippen molar-refractivity contribution in [1.29, 1.82) is 0 Å². The number of pyridine rings is 1. The molecule has 0 fully saturated rings. The Morgan fingerprint density at radius 3 is 3.00 bits per heavy atom. The lowest BCUT2D eigenvalue weighted by molar-refractivity contribution is -0.383. The van der Waals surface area contributed by atoms with Crippen LogP contribution in [0, 0.1) is 22.5 Å². The highest BCUT2D eigenvalue weighted by Gasteiger charge is 2.15. The fourth-order valence-electron chi connectivity index (χ4n) is 1.62. The Kier molecular flexibility index (Phi) is 3.39. The molecular formula is C13H10N2O3. The number of non-ortho nitro benzene ring substituents is 1. The molecule has 0 saturated heterocycles. The first-order valence-electron chi connectivity index (χ1n) is 5.32. The van der Waals surface area contributed by atoms with Crippen LogP contribution in [0.1, 0.15) is 6.42 Å². The van der Waals surface area contributed by atoms with Crippen LogP contribution < -0.4 is 4.74 Å². The van der Waals surface area contributed by atoms with Gasteiger partial charge in [-0.15, -0.1) is 12.3 Å². The summed E-state index contributed by atoms with van der Waals surface area (Å²) in [6, 6.07) is 6.40. The van der Waals surface area contributed by atoms with Crippen LogP contribution in [0.4, 0.5) is 5.69 Å². The fraction of sp³-hybridized carbons (Fsp3) is 0.154. The maximum Gasteiger partial charge on any atom is 0.295 e. The van der Waals surface area contributed by atoms with Gasteiger partial charge in [-0.1, -0.05) is 0 Å². The van der Waals surface area contributed by atoms with E-state index in [1.807, 2.05) is 0 Å². The Hall–Kier alpha value is -2.61. The van der Waals surface area contributed by atoms with E-state index in [2.05, 4.69) is 10.9 Å². The summed E-state index contributed by atoms with van der Waals surface area (Å²) in [7, 11) is 0. The lowest BCUT2D eigenvalue weighted by Gasteiger charge is -2.07. The van der Waals surface area contributed by atoms with E-state index in [1.54, 1.807) is 18.2 Å². The summed E-state index contributed by atoms with van der Waals surface area (Å²) in [6.07, 6.45) is 7.14. The minimum absolute atomic E-state index is 0.0325. The van der Waals surface area contributed by atoms with Gasteiger partial charge < -0.3 is 4.74 Å². The molecule has 0 aliphatic rings. The third-order valence-electron chi connectivity index (χ3n) is 2.41. The van der Waals surface area contributed by atoms with Crippen molar-refractivity contribution in [3.63, 3.8) is 0 Å². The minimum atomic E-state index is -0.458. The number of nitrogens with zero attached hydrogens (tertiary/aromatic N) is 2. The summed E-state index contributed by atoms with van der Waals surface area (Å²) in [5, 5.41) is 11.5. The number of fused-ring (bicyclic) bond motifs is 1. The van der Waals surface area contributed by atoms with Crippen molar-refractivity contribution < 1.29 is 9.66 Å². The quantitative estimate of drug-likeness (QED) is 0.357. The molecule has 1 aromatic carbocycles. The molecule has 2 aromatic rings. The molecule has 0 aliphatic carbocycles. The lowest BCUT2D eigenvalue weighted by Crippen LogP contribution is -1.98. The van der Waals surface area contributed by atoms with Crippen LogP contribution in [0.25, 0.3) is 10.9 Å². The SMILES string of the molecule is C#CCCOc1ccc([N+](=O)[O-])c2ncccc12. The van der Waals surface area contributed by atoms with E-state index in [1.165, 1.54) is 12.3 Å². The summed E-state index contributed by atoms with van der Waals surface area (Å²) in [6.45, 7) is 0.373. The fourth-order valence-corrected chi connectivity index (χ4v) is 1.62. The molecule has 1 heterocycles. The summed E-state index contributed by atoms with van der Waals surface area (Å²) in [5.74, 6) is 3.02.